The lowest BCUT2D eigenvalue weighted by Crippen LogP contribution is -2.39. The Morgan fingerprint density at radius 1 is 1.52 bits per heavy atom. The van der Waals surface area contributed by atoms with Crippen molar-refractivity contribution in [2.75, 3.05) is 13.1 Å². The molecule has 1 aliphatic heterocycles. The highest BCUT2D eigenvalue weighted by molar-refractivity contribution is 6.48. The fourth-order valence-electron chi connectivity index (χ4n) is 2.41. The summed E-state index contributed by atoms with van der Waals surface area (Å²) in [5.41, 5.74) is 2.09. The van der Waals surface area contributed by atoms with Gasteiger partial charge in [0.1, 0.15) is 6.17 Å². The van der Waals surface area contributed by atoms with Gasteiger partial charge in [-0.3, -0.25) is 9.78 Å². The lowest BCUT2D eigenvalue weighted by Gasteiger charge is -2.28. The molecule has 5 heteroatoms. The van der Waals surface area contributed by atoms with Crippen molar-refractivity contribution in [1.82, 2.24) is 9.88 Å². The summed E-state index contributed by atoms with van der Waals surface area (Å²) in [5, 5.41) is 0.611. The van der Waals surface area contributed by atoms with Crippen molar-refractivity contribution in [1.29, 1.82) is 0 Å². The Balaban J connectivity index is 2.22. The van der Waals surface area contributed by atoms with Crippen LogP contribution in [0.5, 0.6) is 0 Å². The number of aryl methyl sites for hydroxylation is 1. The zero-order valence-corrected chi connectivity index (χ0v) is 13.2. The smallest absolute Gasteiger partial charge is 0.255 e. The first-order valence-corrected chi connectivity index (χ1v) is 7.66. The molecule has 0 saturated carbocycles. The normalized spacial score (nSPS) is 17.1. The fraction of sp³-hybridized carbons (Fsp3) is 0.500. The maximum absolute atomic E-state index is 13.2. The molecule has 21 heavy (non-hydrogen) atoms. The molecule has 0 bridgehead atoms. The Kier molecular flexibility index (Phi) is 5.34. The number of nitrogens with zero attached hydrogens (tertiary/aromatic N) is 2. The highest BCUT2D eigenvalue weighted by atomic mass is 35.5. The maximum atomic E-state index is 13.2. The summed E-state index contributed by atoms with van der Waals surface area (Å²) in [6.07, 6.45) is 4.32. The van der Waals surface area contributed by atoms with Gasteiger partial charge in [-0.15, -0.1) is 0 Å². The number of alkyl halides is 1. The van der Waals surface area contributed by atoms with Crippen LogP contribution in [-0.4, -0.2) is 35.1 Å². The van der Waals surface area contributed by atoms with Gasteiger partial charge in [-0.1, -0.05) is 24.6 Å². The molecule has 1 amide bonds. The van der Waals surface area contributed by atoms with Crippen molar-refractivity contribution in [3.63, 3.8) is 0 Å². The van der Waals surface area contributed by atoms with Gasteiger partial charge in [-0.05, 0) is 32.3 Å². The quantitative estimate of drug-likeness (QED) is 0.847. The highest BCUT2D eigenvalue weighted by Gasteiger charge is 2.24. The van der Waals surface area contributed by atoms with Crippen LogP contribution in [0.4, 0.5) is 4.39 Å². The molecule has 0 aliphatic carbocycles. The Morgan fingerprint density at radius 3 is 2.81 bits per heavy atom. The largest absolute Gasteiger partial charge is 0.338 e. The average molecular weight is 311 g/mol. The van der Waals surface area contributed by atoms with Crippen LogP contribution in [0.1, 0.15) is 47.8 Å². The number of piperidine rings is 1. The van der Waals surface area contributed by atoms with E-state index in [0.717, 1.165) is 17.7 Å². The molecule has 1 saturated heterocycles. The number of carbonyl (C=O) groups excluding carboxylic acids is 1. The first-order chi connectivity index (χ1) is 10.0. The molecular weight excluding hydrogens is 291 g/mol. The standard InChI is InChI=1S/C16H20ClFN2O/c1-3-4-15(17)14-9-12(10-19-11(14)2)16(21)20-7-5-13(18)6-8-20/h4,9-10,13H,3,5-8H2,1-2H3/b15-4+. The predicted molar refractivity (Wildman–Crippen MR) is 83.1 cm³/mol. The number of likely N-dealkylation sites (tertiary alicyclic amines) is 1. The van der Waals surface area contributed by atoms with Crippen LogP contribution < -0.4 is 0 Å². The molecule has 0 N–H and O–H groups in total. The van der Waals surface area contributed by atoms with E-state index in [1.807, 2.05) is 19.9 Å². The van der Waals surface area contributed by atoms with Crippen molar-refractivity contribution in [3.8, 4) is 0 Å². The Hall–Kier alpha value is -1.42. The van der Waals surface area contributed by atoms with Crippen LogP contribution in [0.25, 0.3) is 5.03 Å². The van der Waals surface area contributed by atoms with E-state index in [2.05, 4.69) is 4.98 Å². The number of rotatable bonds is 3. The summed E-state index contributed by atoms with van der Waals surface area (Å²) >= 11 is 6.24. The van der Waals surface area contributed by atoms with E-state index in [-0.39, 0.29) is 5.91 Å². The molecule has 3 nitrogen and oxygen atoms in total. The summed E-state index contributed by atoms with van der Waals surface area (Å²) in [6.45, 7) is 4.79. The van der Waals surface area contributed by atoms with E-state index in [1.54, 1.807) is 17.2 Å². The van der Waals surface area contributed by atoms with E-state index in [9.17, 15) is 9.18 Å². The number of pyridine rings is 1. The third kappa shape index (κ3) is 3.82. The topological polar surface area (TPSA) is 33.2 Å². The third-order valence-electron chi connectivity index (χ3n) is 3.69. The minimum Gasteiger partial charge on any atom is -0.338 e. The van der Waals surface area contributed by atoms with Crippen molar-refractivity contribution >= 4 is 22.5 Å². The Morgan fingerprint density at radius 2 is 2.19 bits per heavy atom. The van der Waals surface area contributed by atoms with Gasteiger partial charge in [-0.25, -0.2) is 4.39 Å². The maximum Gasteiger partial charge on any atom is 0.255 e. The molecule has 0 unspecified atom stereocenters. The van der Waals surface area contributed by atoms with Crippen LogP contribution >= 0.6 is 11.6 Å². The molecule has 0 atom stereocenters. The van der Waals surface area contributed by atoms with Gasteiger partial charge in [0, 0.05) is 35.6 Å². The number of hydrogen-bond acceptors (Lipinski definition) is 2. The van der Waals surface area contributed by atoms with Crippen LogP contribution in [0.15, 0.2) is 18.3 Å². The van der Waals surface area contributed by atoms with Gasteiger partial charge in [-0.2, -0.15) is 0 Å². The number of hydrogen-bond donors (Lipinski definition) is 0. The lowest BCUT2D eigenvalue weighted by molar-refractivity contribution is 0.0666. The van der Waals surface area contributed by atoms with Crippen LogP contribution in [0.2, 0.25) is 0 Å². The number of amides is 1. The number of carbonyl (C=O) groups is 1. The first kappa shape index (κ1) is 16.0. The Bertz CT molecular complexity index is 551. The zero-order chi connectivity index (χ0) is 15.4. The summed E-state index contributed by atoms with van der Waals surface area (Å²) in [4.78, 5) is 18.4. The summed E-state index contributed by atoms with van der Waals surface area (Å²) in [5.74, 6) is -0.100. The molecule has 2 rings (SSSR count). The van der Waals surface area contributed by atoms with Gasteiger partial charge in [0.25, 0.3) is 5.91 Å². The van der Waals surface area contributed by atoms with Crippen molar-refractivity contribution in [2.45, 2.75) is 39.3 Å². The second-order valence-electron chi connectivity index (χ2n) is 5.28. The van der Waals surface area contributed by atoms with E-state index in [0.29, 0.717) is 36.5 Å². The molecule has 1 aromatic rings. The highest BCUT2D eigenvalue weighted by Crippen LogP contribution is 2.24. The van der Waals surface area contributed by atoms with E-state index in [4.69, 9.17) is 11.6 Å². The molecule has 0 aromatic carbocycles. The van der Waals surface area contributed by atoms with Crippen molar-refractivity contribution < 1.29 is 9.18 Å². The number of halogens is 2. The Labute approximate surface area is 129 Å². The number of aromatic nitrogens is 1. The van der Waals surface area contributed by atoms with Crippen LogP contribution in [-0.2, 0) is 0 Å². The van der Waals surface area contributed by atoms with Gasteiger partial charge in [0.05, 0.1) is 5.56 Å². The van der Waals surface area contributed by atoms with Crippen molar-refractivity contribution in [2.24, 2.45) is 0 Å². The third-order valence-corrected chi connectivity index (χ3v) is 4.04. The average Bonchev–Trinajstić information content (AvgIpc) is 2.48. The van der Waals surface area contributed by atoms with Crippen LogP contribution in [0, 0.1) is 6.92 Å². The summed E-state index contributed by atoms with van der Waals surface area (Å²) in [7, 11) is 0. The SMILES string of the molecule is CC/C=C(/Cl)c1cc(C(=O)N2CCC(F)CC2)cnc1C. The minimum absolute atomic E-state index is 0.100. The van der Waals surface area contributed by atoms with Gasteiger partial charge < -0.3 is 4.90 Å². The summed E-state index contributed by atoms with van der Waals surface area (Å²) in [6, 6.07) is 1.78. The van der Waals surface area contributed by atoms with Gasteiger partial charge in [0.2, 0.25) is 0 Å². The fourth-order valence-corrected chi connectivity index (χ4v) is 2.76. The molecule has 0 radical (unpaired) electrons. The second kappa shape index (κ2) is 7.03. The lowest BCUT2D eigenvalue weighted by atomic mass is 10.1. The monoisotopic (exact) mass is 310 g/mol. The minimum atomic E-state index is -0.789. The second-order valence-corrected chi connectivity index (χ2v) is 5.69. The molecule has 114 valence electrons. The number of allylic oxidation sites excluding steroid dienone is 1. The van der Waals surface area contributed by atoms with Crippen LogP contribution in [0.3, 0.4) is 0 Å². The molecule has 1 fully saturated rings. The summed E-state index contributed by atoms with van der Waals surface area (Å²) < 4.78 is 13.2. The van der Waals surface area contributed by atoms with E-state index in [1.165, 1.54) is 0 Å². The molecule has 0 spiro atoms. The van der Waals surface area contributed by atoms with Gasteiger partial charge >= 0.3 is 0 Å². The van der Waals surface area contributed by atoms with Crippen molar-refractivity contribution in [3.05, 3.63) is 35.2 Å². The zero-order valence-electron chi connectivity index (χ0n) is 12.4. The molecule has 1 aromatic heterocycles. The first-order valence-electron chi connectivity index (χ1n) is 7.29. The van der Waals surface area contributed by atoms with E-state index >= 15 is 0 Å². The molecule has 2 heterocycles. The molecule has 1 aliphatic rings. The predicted octanol–water partition coefficient (Wildman–Crippen LogP) is 3.95. The van der Waals surface area contributed by atoms with E-state index < -0.39 is 6.17 Å². The molecular formula is C16H20ClFN2O. The van der Waals surface area contributed by atoms with Gasteiger partial charge in [0.15, 0.2) is 0 Å².